The van der Waals surface area contributed by atoms with Gasteiger partial charge in [-0.1, -0.05) is 18.2 Å². The second kappa shape index (κ2) is 6.47. The van der Waals surface area contributed by atoms with E-state index in [1.54, 1.807) is 36.4 Å². The third kappa shape index (κ3) is 3.20. The van der Waals surface area contributed by atoms with Crippen LogP contribution in [0.2, 0.25) is 0 Å². The van der Waals surface area contributed by atoms with E-state index < -0.39 is 5.97 Å². The first-order chi connectivity index (χ1) is 9.72. The van der Waals surface area contributed by atoms with Crippen molar-refractivity contribution in [2.24, 2.45) is 0 Å². The average Bonchev–Trinajstić information content (AvgIpc) is 2.53. The summed E-state index contributed by atoms with van der Waals surface area (Å²) < 4.78 is 10.0. The molecule has 0 amide bonds. The number of rotatable bonds is 5. The first kappa shape index (κ1) is 13.7. The summed E-state index contributed by atoms with van der Waals surface area (Å²) in [4.78, 5) is 27.5. The number of hydrogen-bond acceptors (Lipinski definition) is 5. The smallest absolute Gasteiger partial charge is 0.357 e. The zero-order valence-electron chi connectivity index (χ0n) is 10.9. The Morgan fingerprint density at radius 2 is 1.85 bits per heavy atom. The van der Waals surface area contributed by atoms with Crippen LogP contribution in [0.3, 0.4) is 0 Å². The van der Waals surface area contributed by atoms with Crippen LogP contribution in [0.4, 0.5) is 0 Å². The lowest BCUT2D eigenvalue weighted by atomic mass is 10.1. The maximum atomic E-state index is 12.0. The number of esters is 1. The molecule has 0 saturated carbocycles. The number of pyridine rings is 1. The first-order valence-corrected chi connectivity index (χ1v) is 5.96. The molecule has 102 valence electrons. The molecule has 2 rings (SSSR count). The molecule has 1 aromatic heterocycles. The minimum Gasteiger partial charge on any atom is -0.496 e. The summed E-state index contributed by atoms with van der Waals surface area (Å²) in [5.41, 5.74) is 0.546. The Bertz CT molecular complexity index is 610. The lowest BCUT2D eigenvalue weighted by Gasteiger charge is -2.07. The summed E-state index contributed by atoms with van der Waals surface area (Å²) in [6.45, 7) is -0.351. The third-order valence-electron chi connectivity index (χ3n) is 2.62. The molecule has 0 saturated heterocycles. The largest absolute Gasteiger partial charge is 0.496 e. The topological polar surface area (TPSA) is 65.5 Å². The maximum absolute atomic E-state index is 12.0. The van der Waals surface area contributed by atoms with Crippen LogP contribution in [-0.4, -0.2) is 30.5 Å². The number of para-hydroxylation sites is 1. The number of hydrogen-bond donors (Lipinski definition) is 0. The van der Waals surface area contributed by atoms with Crippen LogP contribution in [0.25, 0.3) is 0 Å². The fourth-order valence-electron chi connectivity index (χ4n) is 1.64. The Morgan fingerprint density at radius 1 is 1.10 bits per heavy atom. The average molecular weight is 271 g/mol. The monoisotopic (exact) mass is 271 g/mol. The SMILES string of the molecule is COc1ccccc1C(=O)COC(=O)c1ccccn1. The summed E-state index contributed by atoms with van der Waals surface area (Å²) in [5.74, 6) is -0.507. The van der Waals surface area contributed by atoms with Crippen molar-refractivity contribution in [3.63, 3.8) is 0 Å². The highest BCUT2D eigenvalue weighted by atomic mass is 16.5. The molecular weight excluding hydrogens is 258 g/mol. The predicted molar refractivity (Wildman–Crippen MR) is 71.8 cm³/mol. The highest BCUT2D eigenvalue weighted by Crippen LogP contribution is 2.17. The molecule has 0 atom stereocenters. The number of carbonyl (C=O) groups is 2. The van der Waals surface area contributed by atoms with Gasteiger partial charge in [-0.25, -0.2) is 9.78 Å². The van der Waals surface area contributed by atoms with Crippen molar-refractivity contribution in [3.8, 4) is 5.75 Å². The standard InChI is InChI=1S/C15H13NO4/c1-19-14-8-3-2-6-11(14)13(17)10-20-15(18)12-7-4-5-9-16-12/h2-9H,10H2,1H3. The Morgan fingerprint density at radius 3 is 2.55 bits per heavy atom. The lowest BCUT2D eigenvalue weighted by molar-refractivity contribution is 0.0468. The molecule has 5 heteroatoms. The normalized spacial score (nSPS) is 9.85. The minimum atomic E-state index is -0.631. The van der Waals surface area contributed by atoms with Crippen LogP contribution in [0.5, 0.6) is 5.75 Å². The number of methoxy groups -OCH3 is 1. The van der Waals surface area contributed by atoms with E-state index >= 15 is 0 Å². The highest BCUT2D eigenvalue weighted by molar-refractivity contribution is 6.01. The molecular formula is C15H13NO4. The van der Waals surface area contributed by atoms with Crippen molar-refractivity contribution < 1.29 is 19.1 Å². The second-order valence-corrected chi connectivity index (χ2v) is 3.91. The molecule has 0 spiro atoms. The van der Waals surface area contributed by atoms with E-state index in [-0.39, 0.29) is 18.1 Å². The van der Waals surface area contributed by atoms with Crippen molar-refractivity contribution in [2.45, 2.75) is 0 Å². The fourth-order valence-corrected chi connectivity index (χ4v) is 1.64. The molecule has 0 unspecified atom stereocenters. The number of benzene rings is 1. The first-order valence-electron chi connectivity index (χ1n) is 5.96. The Hall–Kier alpha value is -2.69. The van der Waals surface area contributed by atoms with Gasteiger partial charge in [0.2, 0.25) is 5.78 Å². The van der Waals surface area contributed by atoms with Crippen molar-refractivity contribution in [1.82, 2.24) is 4.98 Å². The maximum Gasteiger partial charge on any atom is 0.357 e. The Kier molecular flexibility index (Phi) is 4.44. The van der Waals surface area contributed by atoms with Gasteiger partial charge in [0.15, 0.2) is 6.61 Å². The van der Waals surface area contributed by atoms with Gasteiger partial charge >= 0.3 is 5.97 Å². The molecule has 0 aliphatic rings. The van der Waals surface area contributed by atoms with Gasteiger partial charge in [-0.15, -0.1) is 0 Å². The van der Waals surface area contributed by atoms with Crippen LogP contribution in [0.1, 0.15) is 20.8 Å². The quantitative estimate of drug-likeness (QED) is 0.615. The number of ketones is 1. The van der Waals surface area contributed by atoms with Gasteiger partial charge < -0.3 is 9.47 Å². The van der Waals surface area contributed by atoms with E-state index in [2.05, 4.69) is 4.98 Å². The van der Waals surface area contributed by atoms with Gasteiger partial charge in [-0.05, 0) is 24.3 Å². The molecule has 2 aromatic rings. The molecule has 0 fully saturated rings. The Labute approximate surface area is 116 Å². The van der Waals surface area contributed by atoms with E-state index in [1.165, 1.54) is 19.4 Å². The van der Waals surface area contributed by atoms with E-state index in [1.807, 2.05) is 0 Å². The van der Waals surface area contributed by atoms with E-state index in [4.69, 9.17) is 9.47 Å². The third-order valence-corrected chi connectivity index (χ3v) is 2.62. The molecule has 1 aromatic carbocycles. The molecule has 20 heavy (non-hydrogen) atoms. The number of Topliss-reactive ketones (excluding diaryl/α,β-unsaturated/α-hetero) is 1. The zero-order valence-corrected chi connectivity index (χ0v) is 10.9. The summed E-state index contributed by atoms with van der Waals surface area (Å²) >= 11 is 0. The molecule has 0 aliphatic carbocycles. The lowest BCUT2D eigenvalue weighted by Crippen LogP contribution is -2.15. The van der Waals surface area contributed by atoms with Crippen LogP contribution >= 0.6 is 0 Å². The van der Waals surface area contributed by atoms with Crippen molar-refractivity contribution >= 4 is 11.8 Å². The fraction of sp³-hybridized carbons (Fsp3) is 0.133. The van der Waals surface area contributed by atoms with Gasteiger partial charge in [0.25, 0.3) is 0 Å². The van der Waals surface area contributed by atoms with Crippen LogP contribution < -0.4 is 4.74 Å². The molecule has 1 heterocycles. The summed E-state index contributed by atoms with van der Waals surface area (Å²) in [7, 11) is 1.48. The Balaban J connectivity index is 2.01. The number of ether oxygens (including phenoxy) is 2. The van der Waals surface area contributed by atoms with Crippen molar-refractivity contribution in [1.29, 1.82) is 0 Å². The highest BCUT2D eigenvalue weighted by Gasteiger charge is 2.15. The number of nitrogens with zero attached hydrogens (tertiary/aromatic N) is 1. The number of aromatic nitrogens is 1. The van der Waals surface area contributed by atoms with Crippen molar-refractivity contribution in [2.75, 3.05) is 13.7 Å². The zero-order chi connectivity index (χ0) is 14.4. The molecule has 5 nitrogen and oxygen atoms in total. The summed E-state index contributed by atoms with van der Waals surface area (Å²) in [6.07, 6.45) is 1.48. The van der Waals surface area contributed by atoms with Gasteiger partial charge in [0.1, 0.15) is 11.4 Å². The van der Waals surface area contributed by atoms with E-state index in [9.17, 15) is 9.59 Å². The van der Waals surface area contributed by atoms with Crippen LogP contribution in [0, 0.1) is 0 Å². The second-order valence-electron chi connectivity index (χ2n) is 3.91. The number of carbonyl (C=O) groups excluding carboxylic acids is 2. The summed E-state index contributed by atoms with van der Waals surface area (Å²) in [5, 5.41) is 0. The van der Waals surface area contributed by atoms with Crippen LogP contribution in [0.15, 0.2) is 48.7 Å². The van der Waals surface area contributed by atoms with Crippen LogP contribution in [-0.2, 0) is 4.74 Å². The van der Waals surface area contributed by atoms with Gasteiger partial charge in [0, 0.05) is 6.20 Å². The van der Waals surface area contributed by atoms with Crippen molar-refractivity contribution in [3.05, 3.63) is 59.9 Å². The van der Waals surface area contributed by atoms with Gasteiger partial charge in [-0.2, -0.15) is 0 Å². The van der Waals surface area contributed by atoms with E-state index in [0.717, 1.165) is 0 Å². The molecule has 0 aliphatic heterocycles. The van der Waals surface area contributed by atoms with Gasteiger partial charge in [0.05, 0.1) is 12.7 Å². The minimum absolute atomic E-state index is 0.167. The van der Waals surface area contributed by atoms with E-state index in [0.29, 0.717) is 11.3 Å². The predicted octanol–water partition coefficient (Wildman–Crippen LogP) is 2.13. The molecule has 0 N–H and O–H groups in total. The van der Waals surface area contributed by atoms with Gasteiger partial charge in [-0.3, -0.25) is 4.79 Å². The molecule has 0 radical (unpaired) electrons. The molecule has 0 bridgehead atoms. The summed E-state index contributed by atoms with van der Waals surface area (Å²) in [6, 6.07) is 11.7.